The minimum atomic E-state index is 0.973. The van der Waals surface area contributed by atoms with Crippen LogP contribution in [0.5, 0.6) is 0 Å². The van der Waals surface area contributed by atoms with Crippen molar-refractivity contribution in [3.05, 3.63) is 36.6 Å². The Morgan fingerprint density at radius 3 is 2.90 bits per heavy atom. The minimum Gasteiger partial charge on any atom is -0.370 e. The summed E-state index contributed by atoms with van der Waals surface area (Å²) in [5, 5.41) is 0. The van der Waals surface area contributed by atoms with Gasteiger partial charge in [0, 0.05) is 13.1 Å². The molecule has 0 saturated carbocycles. The van der Waals surface area contributed by atoms with Gasteiger partial charge in [-0.05, 0) is 19.2 Å². The summed E-state index contributed by atoms with van der Waals surface area (Å²) in [6.07, 6.45) is 8.35. The highest BCUT2D eigenvalue weighted by atomic mass is 15.1. The molecule has 1 rings (SSSR count). The lowest BCUT2D eigenvalue weighted by Gasteiger charge is -2.19. The Morgan fingerprint density at radius 1 is 1.60 bits per heavy atom. The smallest absolute Gasteiger partial charge is 0.0381 e. The van der Waals surface area contributed by atoms with Crippen molar-refractivity contribution in [2.24, 2.45) is 0 Å². The third kappa shape index (κ3) is 2.09. The number of rotatable bonds is 2. The fraction of sp³-hybridized carbons (Fsp3) is 0.333. The quantitative estimate of drug-likeness (QED) is 0.523. The van der Waals surface area contributed by atoms with Crippen LogP contribution in [0.15, 0.2) is 36.6 Å². The zero-order valence-electron chi connectivity index (χ0n) is 6.38. The van der Waals surface area contributed by atoms with Gasteiger partial charge in [0.25, 0.3) is 0 Å². The van der Waals surface area contributed by atoms with E-state index in [2.05, 4.69) is 29.8 Å². The highest BCUT2D eigenvalue weighted by molar-refractivity contribution is 5.10. The van der Waals surface area contributed by atoms with Crippen molar-refractivity contribution < 1.29 is 0 Å². The molecule has 0 fully saturated rings. The van der Waals surface area contributed by atoms with E-state index in [0.29, 0.717) is 0 Å². The average Bonchev–Trinajstić information content (AvgIpc) is 1.88. The van der Waals surface area contributed by atoms with Crippen LogP contribution < -0.4 is 0 Å². The topological polar surface area (TPSA) is 3.24 Å². The van der Waals surface area contributed by atoms with Crippen molar-refractivity contribution in [1.29, 1.82) is 0 Å². The first kappa shape index (κ1) is 7.13. The van der Waals surface area contributed by atoms with Gasteiger partial charge < -0.3 is 4.90 Å². The molecule has 0 aromatic carbocycles. The van der Waals surface area contributed by atoms with E-state index in [1.54, 1.807) is 0 Å². The molecule has 0 spiro atoms. The van der Waals surface area contributed by atoms with E-state index >= 15 is 0 Å². The van der Waals surface area contributed by atoms with Crippen LogP contribution in [-0.2, 0) is 0 Å². The molecule has 0 bridgehead atoms. The van der Waals surface area contributed by atoms with Crippen molar-refractivity contribution in [1.82, 2.24) is 4.90 Å². The predicted molar refractivity (Wildman–Crippen MR) is 44.7 cm³/mol. The van der Waals surface area contributed by atoms with Gasteiger partial charge in [0.05, 0.1) is 0 Å². The van der Waals surface area contributed by atoms with Crippen LogP contribution in [-0.4, -0.2) is 18.0 Å². The molecule has 1 aliphatic heterocycles. The van der Waals surface area contributed by atoms with Gasteiger partial charge in [0.15, 0.2) is 0 Å². The lowest BCUT2D eigenvalue weighted by molar-refractivity contribution is 0.447. The van der Waals surface area contributed by atoms with E-state index in [0.717, 1.165) is 13.1 Å². The number of nitrogens with zero attached hydrogens (tertiary/aromatic N) is 1. The summed E-state index contributed by atoms with van der Waals surface area (Å²) in [6, 6.07) is 0. The summed E-state index contributed by atoms with van der Waals surface area (Å²) in [6.45, 7) is 7.89. The van der Waals surface area contributed by atoms with Crippen LogP contribution in [0.4, 0.5) is 0 Å². The summed E-state index contributed by atoms with van der Waals surface area (Å²) in [7, 11) is 0. The Bertz CT molecular complexity index is 177. The Kier molecular flexibility index (Phi) is 2.32. The zero-order valence-corrected chi connectivity index (χ0v) is 6.38. The molecule has 0 amide bonds. The van der Waals surface area contributed by atoms with Gasteiger partial charge in [0.1, 0.15) is 0 Å². The summed E-state index contributed by atoms with van der Waals surface area (Å²) >= 11 is 0. The molecular weight excluding hydrogens is 122 g/mol. The molecular formula is C9H13N. The lowest BCUT2D eigenvalue weighted by Crippen LogP contribution is -2.20. The van der Waals surface area contributed by atoms with Crippen LogP contribution in [0.2, 0.25) is 0 Å². The molecule has 0 atom stereocenters. The van der Waals surface area contributed by atoms with Gasteiger partial charge in [-0.2, -0.15) is 0 Å². The first-order chi connectivity index (χ1) is 4.79. The van der Waals surface area contributed by atoms with Crippen molar-refractivity contribution >= 4 is 0 Å². The zero-order chi connectivity index (χ0) is 7.40. The molecule has 0 saturated heterocycles. The molecule has 1 heterocycles. The SMILES string of the molecule is C=C(C)CN1C=CC=CC1. The largest absolute Gasteiger partial charge is 0.370 e. The monoisotopic (exact) mass is 135 g/mol. The second kappa shape index (κ2) is 3.25. The maximum absolute atomic E-state index is 3.85. The summed E-state index contributed by atoms with van der Waals surface area (Å²) in [5.74, 6) is 0. The van der Waals surface area contributed by atoms with E-state index in [1.807, 2.05) is 13.0 Å². The van der Waals surface area contributed by atoms with Crippen LogP contribution >= 0.6 is 0 Å². The predicted octanol–water partition coefficient (Wildman–Crippen LogP) is 1.95. The molecule has 1 aliphatic rings. The maximum atomic E-state index is 3.85. The number of hydrogen-bond acceptors (Lipinski definition) is 1. The molecule has 1 heteroatoms. The lowest BCUT2D eigenvalue weighted by atomic mass is 10.3. The minimum absolute atomic E-state index is 0.973. The molecule has 0 radical (unpaired) electrons. The van der Waals surface area contributed by atoms with E-state index < -0.39 is 0 Å². The van der Waals surface area contributed by atoms with Crippen LogP contribution in [0.1, 0.15) is 6.92 Å². The van der Waals surface area contributed by atoms with Crippen LogP contribution in [0.25, 0.3) is 0 Å². The van der Waals surface area contributed by atoms with Gasteiger partial charge >= 0.3 is 0 Å². The van der Waals surface area contributed by atoms with Gasteiger partial charge in [-0.3, -0.25) is 0 Å². The Morgan fingerprint density at radius 2 is 2.40 bits per heavy atom. The Hall–Kier alpha value is -0.980. The Labute approximate surface area is 62.3 Å². The third-order valence-electron chi connectivity index (χ3n) is 1.36. The summed E-state index contributed by atoms with van der Waals surface area (Å²) < 4.78 is 0. The molecule has 10 heavy (non-hydrogen) atoms. The van der Waals surface area contributed by atoms with Gasteiger partial charge in [-0.1, -0.05) is 24.3 Å². The average molecular weight is 135 g/mol. The molecule has 1 nitrogen and oxygen atoms in total. The van der Waals surface area contributed by atoms with E-state index in [4.69, 9.17) is 0 Å². The number of hydrogen-bond donors (Lipinski definition) is 0. The molecule has 0 N–H and O–H groups in total. The second-order valence-corrected chi connectivity index (χ2v) is 2.66. The third-order valence-corrected chi connectivity index (χ3v) is 1.36. The van der Waals surface area contributed by atoms with Crippen molar-refractivity contribution in [2.45, 2.75) is 6.92 Å². The van der Waals surface area contributed by atoms with E-state index in [9.17, 15) is 0 Å². The van der Waals surface area contributed by atoms with E-state index in [-0.39, 0.29) is 0 Å². The van der Waals surface area contributed by atoms with E-state index in [1.165, 1.54) is 5.57 Å². The summed E-state index contributed by atoms with van der Waals surface area (Å²) in [5.41, 5.74) is 1.21. The first-order valence-corrected chi connectivity index (χ1v) is 3.51. The standard InChI is InChI=1S/C9H13N/c1-9(2)8-10-6-4-3-5-7-10/h3-6H,1,7-8H2,2H3. The van der Waals surface area contributed by atoms with Gasteiger partial charge in [0.2, 0.25) is 0 Å². The molecule has 0 unspecified atom stereocenters. The van der Waals surface area contributed by atoms with Crippen LogP contribution in [0, 0.1) is 0 Å². The molecule has 54 valence electrons. The summed E-state index contributed by atoms with van der Waals surface area (Å²) in [4.78, 5) is 2.22. The fourth-order valence-electron chi connectivity index (χ4n) is 0.971. The van der Waals surface area contributed by atoms with Gasteiger partial charge in [-0.15, -0.1) is 0 Å². The fourth-order valence-corrected chi connectivity index (χ4v) is 0.971. The number of allylic oxidation sites excluding steroid dienone is 2. The Balaban J connectivity index is 2.37. The molecule has 0 aliphatic carbocycles. The highest BCUT2D eigenvalue weighted by Gasteiger charge is 1.97. The second-order valence-electron chi connectivity index (χ2n) is 2.66. The maximum Gasteiger partial charge on any atom is 0.0381 e. The van der Waals surface area contributed by atoms with Crippen molar-refractivity contribution in [3.63, 3.8) is 0 Å². The van der Waals surface area contributed by atoms with Gasteiger partial charge in [-0.25, -0.2) is 0 Å². The van der Waals surface area contributed by atoms with Crippen molar-refractivity contribution in [3.8, 4) is 0 Å². The molecule has 0 aromatic rings. The highest BCUT2D eigenvalue weighted by Crippen LogP contribution is 2.00. The normalized spacial score (nSPS) is 15.9. The van der Waals surface area contributed by atoms with Crippen LogP contribution in [0.3, 0.4) is 0 Å². The van der Waals surface area contributed by atoms with Crippen molar-refractivity contribution in [2.75, 3.05) is 13.1 Å². The first-order valence-electron chi connectivity index (χ1n) is 3.51. The molecule has 0 aromatic heterocycles.